The molecule has 0 radical (unpaired) electrons. The van der Waals surface area contributed by atoms with Crippen LogP contribution in [0, 0.1) is 11.8 Å². The van der Waals surface area contributed by atoms with E-state index in [1.54, 1.807) is 11.9 Å². The maximum Gasteiger partial charge on any atom is 0.317 e. The van der Waals surface area contributed by atoms with Crippen molar-refractivity contribution in [2.24, 2.45) is 11.8 Å². The average Bonchev–Trinajstić information content (AvgIpc) is 2.96. The number of urea groups is 1. The van der Waals surface area contributed by atoms with Crippen molar-refractivity contribution >= 4 is 6.03 Å². The first kappa shape index (κ1) is 18.6. The normalized spacial score (nSPS) is 20.2. The van der Waals surface area contributed by atoms with Crippen molar-refractivity contribution in [1.29, 1.82) is 0 Å². The van der Waals surface area contributed by atoms with Crippen LogP contribution in [0.2, 0.25) is 0 Å². The van der Waals surface area contributed by atoms with Gasteiger partial charge >= 0.3 is 6.03 Å². The Morgan fingerprint density at radius 1 is 1.38 bits per heavy atom. The molecule has 0 saturated heterocycles. The summed E-state index contributed by atoms with van der Waals surface area (Å²) in [5, 5.41) is 12.8. The van der Waals surface area contributed by atoms with Crippen molar-refractivity contribution in [2.75, 3.05) is 20.2 Å². The number of para-hydroxylation sites is 1. The maximum atomic E-state index is 12.3. The van der Waals surface area contributed by atoms with E-state index in [4.69, 9.17) is 4.74 Å². The van der Waals surface area contributed by atoms with E-state index >= 15 is 0 Å². The van der Waals surface area contributed by atoms with Gasteiger partial charge in [0.25, 0.3) is 0 Å². The first-order valence-corrected chi connectivity index (χ1v) is 8.85. The molecule has 0 spiro atoms. The van der Waals surface area contributed by atoms with Crippen LogP contribution in [0.25, 0.3) is 0 Å². The minimum Gasteiger partial charge on any atom is -0.493 e. The quantitative estimate of drug-likeness (QED) is 0.806. The smallest absolute Gasteiger partial charge is 0.317 e. The van der Waals surface area contributed by atoms with Crippen molar-refractivity contribution in [2.45, 2.75) is 45.8 Å². The van der Waals surface area contributed by atoms with E-state index < -0.39 is 0 Å². The van der Waals surface area contributed by atoms with Crippen LogP contribution in [0.3, 0.4) is 0 Å². The van der Waals surface area contributed by atoms with Crippen molar-refractivity contribution < 1.29 is 14.6 Å². The lowest BCUT2D eigenvalue weighted by Crippen LogP contribution is -2.40. The van der Waals surface area contributed by atoms with E-state index in [9.17, 15) is 9.90 Å². The molecule has 24 heavy (non-hydrogen) atoms. The highest BCUT2D eigenvalue weighted by molar-refractivity contribution is 5.73. The second-order valence-corrected chi connectivity index (χ2v) is 7.11. The lowest BCUT2D eigenvalue weighted by Gasteiger charge is -2.24. The van der Waals surface area contributed by atoms with Gasteiger partial charge in [-0.25, -0.2) is 4.79 Å². The molecule has 134 valence electrons. The number of hydrogen-bond acceptors (Lipinski definition) is 3. The van der Waals surface area contributed by atoms with E-state index in [2.05, 4.69) is 19.2 Å². The molecule has 2 amide bonds. The summed E-state index contributed by atoms with van der Waals surface area (Å²) in [7, 11) is 1.78. The van der Waals surface area contributed by atoms with Crippen LogP contribution < -0.4 is 10.1 Å². The number of hydrogen-bond donors (Lipinski definition) is 2. The number of carbonyl (C=O) groups excluding carboxylic acids is 1. The molecule has 2 unspecified atom stereocenters. The van der Waals surface area contributed by atoms with Crippen molar-refractivity contribution in [1.82, 2.24) is 10.2 Å². The standard InChI is InChI=1S/C19H30N2O3/c1-14(2)13-24-18-10-5-4-7-15(18)11-20-19(23)21(3)12-16-8-6-9-17(16)22/h4-5,7,10,14,16-17,22H,6,8-9,11-13H2,1-3H3,(H,20,23). The van der Waals surface area contributed by atoms with E-state index in [1.807, 2.05) is 24.3 Å². The Morgan fingerprint density at radius 3 is 2.79 bits per heavy atom. The third-order valence-electron chi connectivity index (χ3n) is 4.45. The van der Waals surface area contributed by atoms with Crippen LogP contribution in [0.5, 0.6) is 5.75 Å². The Hall–Kier alpha value is -1.75. The van der Waals surface area contributed by atoms with Gasteiger partial charge in [-0.05, 0) is 24.8 Å². The van der Waals surface area contributed by atoms with Crippen molar-refractivity contribution in [3.8, 4) is 5.75 Å². The van der Waals surface area contributed by atoms with Crippen LogP contribution in [0.1, 0.15) is 38.7 Å². The molecule has 1 aliphatic rings. The van der Waals surface area contributed by atoms with Gasteiger partial charge < -0.3 is 20.1 Å². The number of nitrogens with one attached hydrogen (secondary N) is 1. The second-order valence-electron chi connectivity index (χ2n) is 7.11. The summed E-state index contributed by atoms with van der Waals surface area (Å²) in [6.45, 7) is 5.90. The lowest BCUT2D eigenvalue weighted by molar-refractivity contribution is 0.114. The molecule has 1 fully saturated rings. The minimum absolute atomic E-state index is 0.118. The van der Waals surface area contributed by atoms with Crippen molar-refractivity contribution in [3.05, 3.63) is 29.8 Å². The lowest BCUT2D eigenvalue weighted by atomic mass is 10.1. The van der Waals surface area contributed by atoms with E-state index in [0.717, 1.165) is 30.6 Å². The fourth-order valence-electron chi connectivity index (χ4n) is 3.02. The fraction of sp³-hybridized carbons (Fsp3) is 0.632. The molecule has 2 N–H and O–H groups in total. The number of aliphatic hydroxyl groups is 1. The zero-order valence-corrected chi connectivity index (χ0v) is 15.0. The topological polar surface area (TPSA) is 61.8 Å². The highest BCUT2D eigenvalue weighted by atomic mass is 16.5. The molecule has 1 aliphatic carbocycles. The first-order valence-electron chi connectivity index (χ1n) is 8.85. The molecule has 0 aliphatic heterocycles. The summed E-state index contributed by atoms with van der Waals surface area (Å²) >= 11 is 0. The Labute approximate surface area is 145 Å². The van der Waals surface area contributed by atoms with Gasteiger partial charge in [-0.1, -0.05) is 38.5 Å². The number of aliphatic hydroxyl groups excluding tert-OH is 1. The number of ether oxygens (including phenoxy) is 1. The Balaban J connectivity index is 1.84. The summed E-state index contributed by atoms with van der Waals surface area (Å²) in [6, 6.07) is 7.67. The van der Waals surface area contributed by atoms with Gasteiger partial charge in [-0.15, -0.1) is 0 Å². The summed E-state index contributed by atoms with van der Waals surface area (Å²) in [4.78, 5) is 13.9. The number of amides is 2. The summed E-state index contributed by atoms with van der Waals surface area (Å²) in [5.74, 6) is 1.47. The fourth-order valence-corrected chi connectivity index (χ4v) is 3.02. The molecule has 1 saturated carbocycles. The van der Waals surface area contributed by atoms with Gasteiger partial charge in [0, 0.05) is 31.6 Å². The zero-order chi connectivity index (χ0) is 17.5. The van der Waals surface area contributed by atoms with Crippen molar-refractivity contribution in [3.63, 3.8) is 0 Å². The predicted molar refractivity (Wildman–Crippen MR) is 95.0 cm³/mol. The van der Waals surface area contributed by atoms with Gasteiger partial charge in [0.1, 0.15) is 5.75 Å². The van der Waals surface area contributed by atoms with Gasteiger partial charge in [0.2, 0.25) is 0 Å². The molecule has 5 heteroatoms. The second kappa shape index (κ2) is 8.92. The monoisotopic (exact) mass is 334 g/mol. The Morgan fingerprint density at radius 2 is 2.12 bits per heavy atom. The molecule has 1 aromatic rings. The van der Waals surface area contributed by atoms with Crippen LogP contribution in [0.15, 0.2) is 24.3 Å². The average molecular weight is 334 g/mol. The van der Waals surface area contributed by atoms with E-state index in [1.165, 1.54) is 0 Å². The van der Waals surface area contributed by atoms with Crippen LogP contribution in [-0.4, -0.2) is 42.3 Å². The predicted octanol–water partition coefficient (Wildman–Crippen LogP) is 3.02. The van der Waals surface area contributed by atoms with E-state index in [-0.39, 0.29) is 18.1 Å². The highest BCUT2D eigenvalue weighted by Gasteiger charge is 2.27. The summed E-state index contributed by atoms with van der Waals surface area (Å²) in [6.07, 6.45) is 2.61. The van der Waals surface area contributed by atoms with Crippen LogP contribution >= 0.6 is 0 Å². The third-order valence-corrected chi connectivity index (χ3v) is 4.45. The minimum atomic E-state index is -0.273. The molecular weight excluding hydrogens is 304 g/mol. The zero-order valence-electron chi connectivity index (χ0n) is 15.0. The number of benzene rings is 1. The largest absolute Gasteiger partial charge is 0.493 e. The van der Waals surface area contributed by atoms with Crippen LogP contribution in [0.4, 0.5) is 4.79 Å². The summed E-state index contributed by atoms with van der Waals surface area (Å²) < 4.78 is 5.82. The molecular formula is C19H30N2O3. The Kier molecular flexibility index (Phi) is 6.91. The van der Waals surface area contributed by atoms with Gasteiger partial charge in [-0.3, -0.25) is 0 Å². The van der Waals surface area contributed by atoms with E-state index in [0.29, 0.717) is 25.6 Å². The summed E-state index contributed by atoms with van der Waals surface area (Å²) in [5.41, 5.74) is 0.973. The number of carbonyl (C=O) groups is 1. The first-order chi connectivity index (χ1) is 11.5. The van der Waals surface area contributed by atoms with Gasteiger partial charge in [0.05, 0.1) is 12.7 Å². The number of nitrogens with zero attached hydrogens (tertiary/aromatic N) is 1. The highest BCUT2D eigenvalue weighted by Crippen LogP contribution is 2.26. The molecule has 1 aromatic carbocycles. The third kappa shape index (κ3) is 5.41. The van der Waals surface area contributed by atoms with Gasteiger partial charge in [0.15, 0.2) is 0 Å². The molecule has 5 nitrogen and oxygen atoms in total. The molecule has 2 rings (SSSR count). The Bertz CT molecular complexity index is 533. The van der Waals surface area contributed by atoms with Gasteiger partial charge in [-0.2, -0.15) is 0 Å². The molecule has 2 atom stereocenters. The molecule has 0 aromatic heterocycles. The SMILES string of the molecule is CC(C)COc1ccccc1CNC(=O)N(C)CC1CCCC1O. The maximum absolute atomic E-state index is 12.3. The number of rotatable bonds is 7. The molecule has 0 heterocycles. The van der Waals surface area contributed by atoms with Crippen LogP contribution in [-0.2, 0) is 6.54 Å². The molecule has 0 bridgehead atoms.